The van der Waals surface area contributed by atoms with Gasteiger partial charge in [0.1, 0.15) is 0 Å². The van der Waals surface area contributed by atoms with Gasteiger partial charge in [0.05, 0.1) is 12.5 Å². The molecule has 1 aliphatic carbocycles. The van der Waals surface area contributed by atoms with Crippen LogP contribution >= 0.6 is 0 Å². The maximum absolute atomic E-state index is 11.2. The predicted molar refractivity (Wildman–Crippen MR) is 52.1 cm³/mol. The van der Waals surface area contributed by atoms with Gasteiger partial charge in [-0.2, -0.15) is 0 Å². The van der Waals surface area contributed by atoms with Crippen molar-refractivity contribution in [2.75, 3.05) is 6.61 Å². The molecule has 1 aliphatic heterocycles. The Hall–Kier alpha value is -1.32. The van der Waals surface area contributed by atoms with Gasteiger partial charge in [-0.25, -0.2) is 4.79 Å². The number of hydrogen-bond donors (Lipinski definition) is 1. The fourth-order valence-electron chi connectivity index (χ4n) is 2.28. The number of hydrogen-bond acceptors (Lipinski definition) is 3. The van der Waals surface area contributed by atoms with Crippen molar-refractivity contribution < 1.29 is 19.4 Å². The largest absolute Gasteiger partial charge is 0.481 e. The zero-order valence-corrected chi connectivity index (χ0v) is 8.82. The summed E-state index contributed by atoms with van der Waals surface area (Å²) in [7, 11) is 0. The van der Waals surface area contributed by atoms with Gasteiger partial charge >= 0.3 is 11.9 Å². The van der Waals surface area contributed by atoms with Gasteiger partial charge in [0.25, 0.3) is 0 Å². The summed E-state index contributed by atoms with van der Waals surface area (Å²) < 4.78 is 4.80. The van der Waals surface area contributed by atoms with E-state index in [4.69, 9.17) is 9.84 Å². The third kappa shape index (κ3) is 1.54. The van der Waals surface area contributed by atoms with E-state index in [1.807, 2.05) is 13.8 Å². The lowest BCUT2D eigenvalue weighted by atomic mass is 10.1. The number of allylic oxidation sites excluding steroid dienone is 1. The number of carbonyl (C=O) groups excluding carboxylic acids is 1. The monoisotopic (exact) mass is 210 g/mol. The molecule has 2 aliphatic rings. The van der Waals surface area contributed by atoms with Crippen LogP contribution in [0.15, 0.2) is 11.6 Å². The van der Waals surface area contributed by atoms with Gasteiger partial charge in [0.15, 0.2) is 0 Å². The zero-order chi connectivity index (χ0) is 11.2. The lowest BCUT2D eigenvalue weighted by molar-refractivity contribution is -0.139. The SMILES string of the molecule is CC1(C)C(C=C2CCOC2=O)C1C(=O)O. The molecular formula is C11H14O4. The molecule has 2 unspecified atom stereocenters. The second-order valence-corrected chi connectivity index (χ2v) is 4.74. The van der Waals surface area contributed by atoms with Gasteiger partial charge in [0.2, 0.25) is 0 Å². The lowest BCUT2D eigenvalue weighted by Crippen LogP contribution is -2.03. The molecule has 2 fully saturated rings. The summed E-state index contributed by atoms with van der Waals surface area (Å²) in [6.45, 7) is 4.25. The van der Waals surface area contributed by atoms with Crippen LogP contribution in [0.5, 0.6) is 0 Å². The van der Waals surface area contributed by atoms with Crippen molar-refractivity contribution in [2.45, 2.75) is 20.3 Å². The summed E-state index contributed by atoms with van der Waals surface area (Å²) >= 11 is 0. The van der Waals surface area contributed by atoms with E-state index < -0.39 is 5.97 Å². The van der Waals surface area contributed by atoms with E-state index in [1.165, 1.54) is 0 Å². The van der Waals surface area contributed by atoms with E-state index in [0.717, 1.165) is 0 Å². The molecule has 0 aromatic heterocycles. The molecule has 0 radical (unpaired) electrons. The molecule has 15 heavy (non-hydrogen) atoms. The molecule has 1 saturated heterocycles. The first-order valence-corrected chi connectivity index (χ1v) is 5.05. The van der Waals surface area contributed by atoms with Crippen LogP contribution in [0.25, 0.3) is 0 Å². The number of rotatable bonds is 2. The first-order chi connectivity index (χ1) is 6.94. The van der Waals surface area contributed by atoms with Crippen molar-refractivity contribution in [1.82, 2.24) is 0 Å². The van der Waals surface area contributed by atoms with Crippen LogP contribution in [0.4, 0.5) is 0 Å². The molecule has 1 saturated carbocycles. The third-order valence-electron chi connectivity index (χ3n) is 3.42. The number of ether oxygens (including phenoxy) is 1. The molecule has 0 aromatic rings. The van der Waals surface area contributed by atoms with Gasteiger partial charge in [-0.15, -0.1) is 0 Å². The maximum atomic E-state index is 11.2. The number of cyclic esters (lactones) is 1. The zero-order valence-electron chi connectivity index (χ0n) is 8.82. The minimum Gasteiger partial charge on any atom is -0.481 e. The highest BCUT2D eigenvalue weighted by Crippen LogP contribution is 2.59. The molecule has 1 N–H and O–H groups in total. The first kappa shape index (κ1) is 10.2. The number of carboxylic acid groups (broad SMARTS) is 1. The number of esters is 1. The highest BCUT2D eigenvalue weighted by molar-refractivity contribution is 5.90. The molecule has 1 heterocycles. The van der Waals surface area contributed by atoms with E-state index >= 15 is 0 Å². The van der Waals surface area contributed by atoms with Crippen LogP contribution in [0.2, 0.25) is 0 Å². The Labute approximate surface area is 87.9 Å². The van der Waals surface area contributed by atoms with E-state index in [1.54, 1.807) is 6.08 Å². The summed E-state index contributed by atoms with van der Waals surface area (Å²) in [4.78, 5) is 22.1. The normalized spacial score (nSPS) is 35.3. The summed E-state index contributed by atoms with van der Waals surface area (Å²) in [5.74, 6) is -1.47. The minimum atomic E-state index is -0.784. The van der Waals surface area contributed by atoms with Crippen molar-refractivity contribution in [2.24, 2.45) is 17.3 Å². The molecule has 2 rings (SSSR count). The maximum Gasteiger partial charge on any atom is 0.333 e. The van der Waals surface area contributed by atoms with E-state index in [-0.39, 0.29) is 23.2 Å². The molecule has 4 nitrogen and oxygen atoms in total. The third-order valence-corrected chi connectivity index (χ3v) is 3.42. The standard InChI is InChI=1S/C11H14O4/c1-11(2)7(8(11)9(12)13)5-6-3-4-15-10(6)14/h5,7-8H,3-4H2,1-2H3,(H,12,13). The minimum absolute atomic E-state index is 0.0318. The van der Waals surface area contributed by atoms with Gasteiger partial charge in [-0.1, -0.05) is 19.9 Å². The highest BCUT2D eigenvalue weighted by Gasteiger charge is 2.61. The lowest BCUT2D eigenvalue weighted by Gasteiger charge is -1.97. The average molecular weight is 210 g/mol. The Balaban J connectivity index is 2.15. The van der Waals surface area contributed by atoms with Gasteiger partial charge in [-0.05, 0) is 11.3 Å². The average Bonchev–Trinajstić information content (AvgIpc) is 2.47. The molecule has 0 bridgehead atoms. The van der Waals surface area contributed by atoms with Crippen molar-refractivity contribution in [3.05, 3.63) is 11.6 Å². The second-order valence-electron chi connectivity index (χ2n) is 4.74. The van der Waals surface area contributed by atoms with Gasteiger partial charge < -0.3 is 9.84 Å². The first-order valence-electron chi connectivity index (χ1n) is 5.05. The van der Waals surface area contributed by atoms with E-state index in [9.17, 15) is 9.59 Å². The van der Waals surface area contributed by atoms with Crippen LogP contribution < -0.4 is 0 Å². The van der Waals surface area contributed by atoms with Gasteiger partial charge in [0, 0.05) is 12.0 Å². The van der Waals surface area contributed by atoms with Crippen LogP contribution in [0.3, 0.4) is 0 Å². The van der Waals surface area contributed by atoms with E-state index in [2.05, 4.69) is 0 Å². The van der Waals surface area contributed by atoms with Crippen LogP contribution in [-0.4, -0.2) is 23.7 Å². The Kier molecular flexibility index (Phi) is 2.10. The smallest absolute Gasteiger partial charge is 0.333 e. The summed E-state index contributed by atoms with van der Waals surface area (Å²) in [5.41, 5.74) is 0.402. The number of carboxylic acids is 1. The van der Waals surface area contributed by atoms with Crippen molar-refractivity contribution in [3.63, 3.8) is 0 Å². The Bertz CT molecular complexity index is 354. The van der Waals surface area contributed by atoms with Crippen LogP contribution in [0, 0.1) is 17.3 Å². The number of carbonyl (C=O) groups is 2. The Morgan fingerprint density at radius 2 is 2.27 bits per heavy atom. The van der Waals surface area contributed by atoms with Crippen LogP contribution in [0.1, 0.15) is 20.3 Å². The van der Waals surface area contributed by atoms with Crippen molar-refractivity contribution in [3.8, 4) is 0 Å². The Morgan fingerprint density at radius 1 is 1.60 bits per heavy atom. The quantitative estimate of drug-likeness (QED) is 0.549. The topological polar surface area (TPSA) is 63.6 Å². The molecule has 0 amide bonds. The highest BCUT2D eigenvalue weighted by atomic mass is 16.5. The fourth-order valence-corrected chi connectivity index (χ4v) is 2.28. The summed E-state index contributed by atoms with van der Waals surface area (Å²) in [6.07, 6.45) is 2.39. The summed E-state index contributed by atoms with van der Waals surface area (Å²) in [6, 6.07) is 0. The molecule has 0 spiro atoms. The summed E-state index contributed by atoms with van der Waals surface area (Å²) in [5, 5.41) is 8.95. The molecule has 82 valence electrons. The molecule has 4 heteroatoms. The number of aliphatic carboxylic acids is 1. The van der Waals surface area contributed by atoms with E-state index in [0.29, 0.717) is 18.6 Å². The Morgan fingerprint density at radius 3 is 2.67 bits per heavy atom. The van der Waals surface area contributed by atoms with Crippen molar-refractivity contribution in [1.29, 1.82) is 0 Å². The van der Waals surface area contributed by atoms with Gasteiger partial charge in [-0.3, -0.25) is 4.79 Å². The molecule has 2 atom stereocenters. The fraction of sp³-hybridized carbons (Fsp3) is 0.636. The molecule has 0 aromatic carbocycles. The van der Waals surface area contributed by atoms with Crippen LogP contribution in [-0.2, 0) is 14.3 Å². The van der Waals surface area contributed by atoms with Crippen molar-refractivity contribution >= 4 is 11.9 Å². The molecular weight excluding hydrogens is 196 g/mol. The second kappa shape index (κ2) is 3.08. The predicted octanol–water partition coefficient (Wildman–Crippen LogP) is 1.22.